The summed E-state index contributed by atoms with van der Waals surface area (Å²) in [6.45, 7) is -0.184. The highest BCUT2D eigenvalue weighted by Gasteiger charge is 2.38. The molecular weight excluding hydrogens is 331 g/mol. The summed E-state index contributed by atoms with van der Waals surface area (Å²) < 4.78 is 64.2. The SMILES string of the molecule is O=S(=O)(c1ccc(Cl)c(C(F)(F)F)c1)N1CCC[C@H]1CO. The van der Waals surface area contributed by atoms with E-state index in [-0.39, 0.29) is 13.2 Å². The molecule has 1 aliphatic heterocycles. The Bertz CT molecular complexity index is 633. The Morgan fingerprint density at radius 3 is 2.62 bits per heavy atom. The van der Waals surface area contributed by atoms with Gasteiger partial charge in [0.2, 0.25) is 10.0 Å². The molecule has 0 bridgehead atoms. The maximum absolute atomic E-state index is 12.8. The highest BCUT2D eigenvalue weighted by molar-refractivity contribution is 7.89. The highest BCUT2D eigenvalue weighted by atomic mass is 35.5. The van der Waals surface area contributed by atoms with Crippen molar-refractivity contribution in [2.24, 2.45) is 0 Å². The van der Waals surface area contributed by atoms with Crippen LogP contribution in [0.4, 0.5) is 13.2 Å². The van der Waals surface area contributed by atoms with Crippen LogP contribution < -0.4 is 0 Å². The molecule has 1 heterocycles. The molecule has 0 spiro atoms. The number of aliphatic hydroxyl groups is 1. The van der Waals surface area contributed by atoms with Crippen LogP contribution in [0.3, 0.4) is 0 Å². The normalized spacial score (nSPS) is 20.9. The van der Waals surface area contributed by atoms with Crippen LogP contribution in [-0.4, -0.2) is 37.0 Å². The van der Waals surface area contributed by atoms with E-state index >= 15 is 0 Å². The van der Waals surface area contributed by atoms with Crippen molar-refractivity contribution in [1.29, 1.82) is 0 Å². The summed E-state index contributed by atoms with van der Waals surface area (Å²) in [5, 5.41) is 8.61. The van der Waals surface area contributed by atoms with Gasteiger partial charge in [0.05, 0.1) is 22.1 Å². The third kappa shape index (κ3) is 3.18. The van der Waals surface area contributed by atoms with Gasteiger partial charge in [0.15, 0.2) is 0 Å². The summed E-state index contributed by atoms with van der Waals surface area (Å²) in [6, 6.07) is 1.89. The zero-order chi connectivity index (χ0) is 15.8. The predicted molar refractivity (Wildman–Crippen MR) is 70.5 cm³/mol. The van der Waals surface area contributed by atoms with E-state index in [0.29, 0.717) is 18.9 Å². The summed E-state index contributed by atoms with van der Waals surface area (Å²) in [7, 11) is -4.08. The zero-order valence-corrected chi connectivity index (χ0v) is 12.3. The average molecular weight is 344 g/mol. The molecule has 1 aliphatic rings. The molecule has 1 saturated heterocycles. The Kier molecular flexibility index (Phi) is 4.53. The minimum Gasteiger partial charge on any atom is -0.395 e. The summed E-state index contributed by atoms with van der Waals surface area (Å²) >= 11 is 5.48. The molecule has 0 radical (unpaired) electrons. The van der Waals surface area contributed by atoms with E-state index < -0.39 is 37.7 Å². The first kappa shape index (κ1) is 16.5. The van der Waals surface area contributed by atoms with Crippen LogP contribution in [0.25, 0.3) is 0 Å². The number of nitrogens with zero attached hydrogens (tertiary/aromatic N) is 1. The number of halogens is 4. The molecule has 4 nitrogen and oxygen atoms in total. The number of hydrogen-bond donors (Lipinski definition) is 1. The molecule has 1 atom stereocenters. The molecule has 1 aromatic rings. The zero-order valence-electron chi connectivity index (χ0n) is 10.8. The molecule has 118 valence electrons. The van der Waals surface area contributed by atoms with Gasteiger partial charge in [0.25, 0.3) is 0 Å². The second-order valence-electron chi connectivity index (χ2n) is 4.73. The molecule has 1 fully saturated rings. The van der Waals surface area contributed by atoms with Crippen LogP contribution in [0.5, 0.6) is 0 Å². The van der Waals surface area contributed by atoms with E-state index in [1.807, 2.05) is 0 Å². The van der Waals surface area contributed by atoms with Gasteiger partial charge in [-0.2, -0.15) is 17.5 Å². The van der Waals surface area contributed by atoms with Crippen molar-refractivity contribution >= 4 is 21.6 Å². The molecule has 0 aromatic heterocycles. The van der Waals surface area contributed by atoms with Gasteiger partial charge >= 0.3 is 6.18 Å². The van der Waals surface area contributed by atoms with Crippen molar-refractivity contribution in [1.82, 2.24) is 4.31 Å². The van der Waals surface area contributed by atoms with Gasteiger partial charge in [0.1, 0.15) is 0 Å². The molecule has 0 amide bonds. The van der Waals surface area contributed by atoms with Crippen LogP contribution >= 0.6 is 11.6 Å². The fraction of sp³-hybridized carbons (Fsp3) is 0.500. The molecule has 1 N–H and O–H groups in total. The lowest BCUT2D eigenvalue weighted by atomic mass is 10.2. The minimum absolute atomic E-state index is 0.178. The van der Waals surface area contributed by atoms with Crippen LogP contribution in [0.2, 0.25) is 5.02 Å². The van der Waals surface area contributed by atoms with E-state index in [0.717, 1.165) is 16.4 Å². The van der Waals surface area contributed by atoms with Gasteiger partial charge in [-0.25, -0.2) is 8.42 Å². The number of hydrogen-bond acceptors (Lipinski definition) is 3. The van der Waals surface area contributed by atoms with Crippen molar-refractivity contribution in [2.75, 3.05) is 13.2 Å². The van der Waals surface area contributed by atoms with Crippen LogP contribution in [0.15, 0.2) is 23.1 Å². The lowest BCUT2D eigenvalue weighted by molar-refractivity contribution is -0.137. The van der Waals surface area contributed by atoms with Crippen LogP contribution in [0, 0.1) is 0 Å². The third-order valence-electron chi connectivity index (χ3n) is 3.38. The number of rotatable bonds is 3. The van der Waals surface area contributed by atoms with E-state index in [4.69, 9.17) is 16.7 Å². The number of aliphatic hydroxyl groups excluding tert-OH is 1. The van der Waals surface area contributed by atoms with E-state index in [1.165, 1.54) is 0 Å². The van der Waals surface area contributed by atoms with Crippen molar-refractivity contribution in [3.05, 3.63) is 28.8 Å². The van der Waals surface area contributed by atoms with Crippen LogP contribution in [-0.2, 0) is 16.2 Å². The summed E-state index contributed by atoms with van der Waals surface area (Å²) in [6.07, 6.45) is -3.69. The van der Waals surface area contributed by atoms with Crippen molar-refractivity contribution in [2.45, 2.75) is 30.0 Å². The molecule has 2 rings (SSSR count). The first-order valence-electron chi connectivity index (χ1n) is 6.17. The maximum atomic E-state index is 12.8. The standard InChI is InChI=1S/C12H13ClF3NO3S/c13-11-4-3-9(6-10(11)12(14,15)16)21(19,20)17-5-1-2-8(17)7-18/h3-4,6,8,18H,1-2,5,7H2/t8-/m0/s1. The molecule has 21 heavy (non-hydrogen) atoms. The summed E-state index contributed by atoms with van der Waals surface area (Å²) in [5.41, 5.74) is -1.19. The second kappa shape index (κ2) is 5.75. The number of sulfonamides is 1. The Morgan fingerprint density at radius 2 is 2.05 bits per heavy atom. The monoisotopic (exact) mass is 343 g/mol. The Balaban J connectivity index is 2.46. The smallest absolute Gasteiger partial charge is 0.395 e. The van der Waals surface area contributed by atoms with Gasteiger partial charge in [-0.05, 0) is 31.0 Å². The Hall–Kier alpha value is -0.830. The van der Waals surface area contributed by atoms with Gasteiger partial charge < -0.3 is 5.11 Å². The lowest BCUT2D eigenvalue weighted by Crippen LogP contribution is -2.37. The summed E-state index contributed by atoms with van der Waals surface area (Å²) in [4.78, 5) is -0.473. The van der Waals surface area contributed by atoms with Crippen LogP contribution in [0.1, 0.15) is 18.4 Å². The molecule has 0 aliphatic carbocycles. The fourth-order valence-corrected chi connectivity index (χ4v) is 4.26. The highest BCUT2D eigenvalue weighted by Crippen LogP contribution is 2.37. The van der Waals surface area contributed by atoms with E-state index in [2.05, 4.69) is 0 Å². The van der Waals surface area contributed by atoms with Crippen molar-refractivity contribution in [3.63, 3.8) is 0 Å². The van der Waals surface area contributed by atoms with Crippen molar-refractivity contribution < 1.29 is 26.7 Å². The topological polar surface area (TPSA) is 57.6 Å². The molecular formula is C12H13ClF3NO3S. The minimum atomic E-state index is -4.73. The van der Waals surface area contributed by atoms with Gasteiger partial charge in [-0.3, -0.25) is 0 Å². The molecule has 0 saturated carbocycles. The number of benzene rings is 1. The van der Waals surface area contributed by atoms with E-state index in [9.17, 15) is 21.6 Å². The largest absolute Gasteiger partial charge is 0.417 e. The molecule has 1 aromatic carbocycles. The Morgan fingerprint density at radius 1 is 1.38 bits per heavy atom. The first-order chi connectivity index (χ1) is 9.67. The van der Waals surface area contributed by atoms with E-state index in [1.54, 1.807) is 0 Å². The molecule has 9 heteroatoms. The fourth-order valence-electron chi connectivity index (χ4n) is 2.33. The lowest BCUT2D eigenvalue weighted by Gasteiger charge is -2.23. The second-order valence-corrected chi connectivity index (χ2v) is 7.03. The van der Waals surface area contributed by atoms with Gasteiger partial charge in [-0.1, -0.05) is 11.6 Å². The van der Waals surface area contributed by atoms with Gasteiger partial charge in [0, 0.05) is 12.6 Å². The molecule has 0 unspecified atom stereocenters. The third-order valence-corrected chi connectivity index (χ3v) is 5.66. The number of alkyl halides is 3. The quantitative estimate of drug-likeness (QED) is 0.917. The van der Waals surface area contributed by atoms with Crippen molar-refractivity contribution in [3.8, 4) is 0 Å². The van der Waals surface area contributed by atoms with Gasteiger partial charge in [-0.15, -0.1) is 0 Å². The average Bonchev–Trinajstić information content (AvgIpc) is 2.86. The maximum Gasteiger partial charge on any atom is 0.417 e. The Labute approximate surface area is 125 Å². The first-order valence-corrected chi connectivity index (χ1v) is 7.99. The predicted octanol–water partition coefficient (Wildman–Crippen LogP) is 2.50. The summed E-state index contributed by atoms with van der Waals surface area (Å²) in [5.74, 6) is 0.